The van der Waals surface area contributed by atoms with Crippen molar-refractivity contribution >= 4 is 40.3 Å². The van der Waals surface area contributed by atoms with E-state index in [9.17, 15) is 4.79 Å². The highest BCUT2D eigenvalue weighted by Gasteiger charge is 2.30. The average molecular weight is 500 g/mol. The van der Waals surface area contributed by atoms with Gasteiger partial charge in [0, 0.05) is 13.0 Å². The van der Waals surface area contributed by atoms with Crippen LogP contribution in [0, 0.1) is 0 Å². The normalized spacial score (nSPS) is 15.6. The Bertz CT molecular complexity index is 1020. The van der Waals surface area contributed by atoms with Crippen LogP contribution in [0.2, 0.25) is 0 Å². The molecule has 182 valence electrons. The van der Waals surface area contributed by atoms with E-state index in [0.29, 0.717) is 53.0 Å². The number of thioether (sulfide) groups is 1. The summed E-state index contributed by atoms with van der Waals surface area (Å²) in [6, 6.07) is 14.0. The Morgan fingerprint density at radius 2 is 1.74 bits per heavy atom. The smallest absolute Gasteiger partial charge is 0.266 e. The van der Waals surface area contributed by atoms with E-state index >= 15 is 0 Å². The molecule has 1 atom stereocenters. The number of thiocarbonyl (C=S) groups is 1. The Hall–Kier alpha value is -2.51. The molecule has 1 heterocycles. The maximum atomic E-state index is 12.5. The summed E-state index contributed by atoms with van der Waals surface area (Å²) in [5.41, 5.74) is 2.21. The van der Waals surface area contributed by atoms with Crippen LogP contribution in [-0.2, 0) is 4.79 Å². The number of likely N-dealkylation sites (N-methyl/N-ethyl adjacent to an activating group) is 1. The van der Waals surface area contributed by atoms with Gasteiger partial charge in [0.15, 0.2) is 11.5 Å². The van der Waals surface area contributed by atoms with Gasteiger partial charge in [0.25, 0.3) is 5.91 Å². The molecule has 2 aromatic carbocycles. The summed E-state index contributed by atoms with van der Waals surface area (Å²) in [5.74, 6) is 2.72. The summed E-state index contributed by atoms with van der Waals surface area (Å²) in [6.45, 7) is 10.5. The van der Waals surface area contributed by atoms with Gasteiger partial charge in [-0.3, -0.25) is 9.69 Å². The molecular formula is C27H33NO4S2. The Morgan fingerprint density at radius 1 is 1.00 bits per heavy atom. The van der Waals surface area contributed by atoms with Crippen molar-refractivity contribution in [1.82, 2.24) is 4.90 Å². The Labute approximate surface area is 212 Å². The summed E-state index contributed by atoms with van der Waals surface area (Å²) >= 11 is 6.62. The second-order valence-electron chi connectivity index (χ2n) is 7.99. The molecule has 1 amide bonds. The number of carbonyl (C=O) groups excluding carboxylic acids is 1. The van der Waals surface area contributed by atoms with Crippen molar-refractivity contribution in [3.8, 4) is 17.2 Å². The molecule has 0 saturated carbocycles. The number of hydrogen-bond acceptors (Lipinski definition) is 6. The molecule has 1 fully saturated rings. The van der Waals surface area contributed by atoms with Crippen LogP contribution in [0.25, 0.3) is 6.08 Å². The third-order valence-corrected chi connectivity index (χ3v) is 7.01. The predicted octanol–water partition coefficient (Wildman–Crippen LogP) is 6.67. The molecule has 0 radical (unpaired) electrons. The molecule has 0 spiro atoms. The SMILES string of the molecule is CCOc1cc(/C=C2/SC(=S)N(CC)C2=O)ccc1OCCCOc1ccc(C(C)CC)cc1. The molecule has 1 aliphatic rings. The largest absolute Gasteiger partial charge is 0.493 e. The van der Waals surface area contributed by atoms with Gasteiger partial charge in [0.05, 0.1) is 24.7 Å². The Morgan fingerprint density at radius 3 is 2.38 bits per heavy atom. The zero-order chi connectivity index (χ0) is 24.5. The number of benzene rings is 2. The molecule has 1 saturated heterocycles. The highest BCUT2D eigenvalue weighted by molar-refractivity contribution is 8.26. The molecule has 0 aliphatic carbocycles. The lowest BCUT2D eigenvalue weighted by molar-refractivity contribution is -0.121. The van der Waals surface area contributed by atoms with Crippen LogP contribution in [0.1, 0.15) is 57.6 Å². The number of amides is 1. The fraction of sp³-hybridized carbons (Fsp3) is 0.407. The van der Waals surface area contributed by atoms with Crippen molar-refractivity contribution in [1.29, 1.82) is 0 Å². The van der Waals surface area contributed by atoms with Gasteiger partial charge in [0.1, 0.15) is 10.1 Å². The first kappa shape index (κ1) is 26.1. The lowest BCUT2D eigenvalue weighted by atomic mass is 9.99. The monoisotopic (exact) mass is 499 g/mol. The van der Waals surface area contributed by atoms with Gasteiger partial charge in [-0.25, -0.2) is 0 Å². The third-order valence-electron chi connectivity index (χ3n) is 5.63. The van der Waals surface area contributed by atoms with Crippen LogP contribution in [0.15, 0.2) is 47.4 Å². The van der Waals surface area contributed by atoms with Gasteiger partial charge < -0.3 is 14.2 Å². The minimum absolute atomic E-state index is 0.0506. The lowest BCUT2D eigenvalue weighted by Gasteiger charge is -2.13. The molecular weight excluding hydrogens is 466 g/mol. The first-order valence-corrected chi connectivity index (χ1v) is 13.1. The van der Waals surface area contributed by atoms with Crippen LogP contribution < -0.4 is 14.2 Å². The van der Waals surface area contributed by atoms with Crippen molar-refractivity contribution in [2.45, 2.75) is 46.5 Å². The number of rotatable bonds is 12. The molecule has 34 heavy (non-hydrogen) atoms. The Balaban J connectivity index is 1.54. The minimum atomic E-state index is -0.0506. The molecule has 1 aliphatic heterocycles. The number of nitrogens with zero attached hydrogens (tertiary/aromatic N) is 1. The van der Waals surface area contributed by atoms with E-state index in [0.717, 1.165) is 24.2 Å². The molecule has 7 heteroatoms. The summed E-state index contributed by atoms with van der Waals surface area (Å²) in [6.07, 6.45) is 3.73. The summed E-state index contributed by atoms with van der Waals surface area (Å²) in [5, 5.41) is 0. The van der Waals surface area contributed by atoms with Crippen molar-refractivity contribution in [2.24, 2.45) is 0 Å². The molecule has 0 aromatic heterocycles. The zero-order valence-electron chi connectivity index (χ0n) is 20.3. The topological polar surface area (TPSA) is 48.0 Å². The van der Waals surface area contributed by atoms with Gasteiger partial charge in [-0.1, -0.05) is 56.0 Å². The fourth-order valence-electron chi connectivity index (χ4n) is 3.49. The second-order valence-corrected chi connectivity index (χ2v) is 9.67. The van der Waals surface area contributed by atoms with Crippen LogP contribution in [0.4, 0.5) is 0 Å². The fourth-order valence-corrected chi connectivity index (χ4v) is 4.87. The molecule has 0 N–H and O–H groups in total. The van der Waals surface area contributed by atoms with E-state index < -0.39 is 0 Å². The van der Waals surface area contributed by atoms with E-state index in [4.69, 9.17) is 26.4 Å². The second kappa shape index (κ2) is 12.8. The van der Waals surface area contributed by atoms with Gasteiger partial charge in [0.2, 0.25) is 0 Å². The molecule has 5 nitrogen and oxygen atoms in total. The lowest BCUT2D eigenvalue weighted by Crippen LogP contribution is -2.27. The van der Waals surface area contributed by atoms with E-state index in [1.165, 1.54) is 17.3 Å². The van der Waals surface area contributed by atoms with Gasteiger partial charge in [-0.15, -0.1) is 0 Å². The molecule has 2 aromatic rings. The highest BCUT2D eigenvalue weighted by Crippen LogP contribution is 2.34. The summed E-state index contributed by atoms with van der Waals surface area (Å²) in [4.78, 5) is 14.7. The van der Waals surface area contributed by atoms with Gasteiger partial charge >= 0.3 is 0 Å². The maximum Gasteiger partial charge on any atom is 0.266 e. The van der Waals surface area contributed by atoms with Crippen LogP contribution in [0.5, 0.6) is 17.2 Å². The summed E-state index contributed by atoms with van der Waals surface area (Å²) in [7, 11) is 0. The van der Waals surface area contributed by atoms with Crippen molar-refractivity contribution in [2.75, 3.05) is 26.4 Å². The third kappa shape index (κ3) is 6.76. The molecule has 0 bridgehead atoms. The molecule has 3 rings (SSSR count). The number of hydrogen-bond donors (Lipinski definition) is 0. The van der Waals surface area contributed by atoms with Crippen LogP contribution >= 0.6 is 24.0 Å². The van der Waals surface area contributed by atoms with E-state index in [1.807, 2.05) is 50.3 Å². The zero-order valence-corrected chi connectivity index (χ0v) is 22.0. The maximum absolute atomic E-state index is 12.5. The van der Waals surface area contributed by atoms with E-state index in [1.54, 1.807) is 4.90 Å². The van der Waals surface area contributed by atoms with Crippen molar-refractivity contribution < 1.29 is 19.0 Å². The van der Waals surface area contributed by atoms with Crippen molar-refractivity contribution in [3.63, 3.8) is 0 Å². The standard InChI is InChI=1S/C27H33NO4S2/c1-5-19(4)21-10-12-22(13-11-21)31-15-8-16-32-23-14-9-20(17-24(23)30-7-3)18-25-26(29)28(6-2)27(33)34-25/h9-14,17-19H,5-8,15-16H2,1-4H3/b25-18+. The first-order chi connectivity index (χ1) is 16.5. The van der Waals surface area contributed by atoms with Crippen LogP contribution in [0.3, 0.4) is 0 Å². The van der Waals surface area contributed by atoms with Gasteiger partial charge in [-0.05, 0) is 67.7 Å². The van der Waals surface area contributed by atoms with E-state index in [-0.39, 0.29) is 5.91 Å². The number of carbonyl (C=O) groups is 1. The van der Waals surface area contributed by atoms with Crippen LogP contribution in [-0.4, -0.2) is 41.5 Å². The Kier molecular flexibility index (Phi) is 9.84. The molecule has 1 unspecified atom stereocenters. The van der Waals surface area contributed by atoms with Gasteiger partial charge in [-0.2, -0.15) is 0 Å². The van der Waals surface area contributed by atoms with Crippen molar-refractivity contribution in [3.05, 3.63) is 58.5 Å². The number of ether oxygens (including phenoxy) is 3. The van der Waals surface area contributed by atoms with E-state index in [2.05, 4.69) is 26.0 Å². The summed E-state index contributed by atoms with van der Waals surface area (Å²) < 4.78 is 18.2. The average Bonchev–Trinajstić information content (AvgIpc) is 3.11. The predicted molar refractivity (Wildman–Crippen MR) is 144 cm³/mol. The quantitative estimate of drug-likeness (QED) is 0.185. The minimum Gasteiger partial charge on any atom is -0.493 e. The first-order valence-electron chi connectivity index (χ1n) is 11.8. The highest BCUT2D eigenvalue weighted by atomic mass is 32.2.